The van der Waals surface area contributed by atoms with E-state index in [1.807, 2.05) is 35.8 Å². The van der Waals surface area contributed by atoms with E-state index in [2.05, 4.69) is 27.2 Å². The van der Waals surface area contributed by atoms with Crippen molar-refractivity contribution in [1.82, 2.24) is 19.6 Å². The van der Waals surface area contributed by atoms with Crippen LogP contribution in [0, 0.1) is 6.92 Å². The van der Waals surface area contributed by atoms with Gasteiger partial charge < -0.3 is 0 Å². The van der Waals surface area contributed by atoms with Crippen molar-refractivity contribution in [3.05, 3.63) is 42.4 Å². The molecular formula is C11H10N4. The van der Waals surface area contributed by atoms with E-state index in [1.165, 1.54) is 0 Å². The average Bonchev–Trinajstić information content (AvgIpc) is 2.77. The molecule has 4 heteroatoms. The van der Waals surface area contributed by atoms with Gasteiger partial charge in [-0.2, -0.15) is 4.98 Å². The molecule has 15 heavy (non-hydrogen) atoms. The molecule has 0 atom stereocenters. The summed E-state index contributed by atoms with van der Waals surface area (Å²) >= 11 is 0. The normalized spacial score (nSPS) is 11.0. The molecule has 3 aromatic rings. The third kappa shape index (κ3) is 1.22. The monoisotopic (exact) mass is 198 g/mol. The maximum atomic E-state index is 4.26. The highest BCUT2D eigenvalue weighted by atomic mass is 15.3. The summed E-state index contributed by atoms with van der Waals surface area (Å²) in [6, 6.07) is 10.1. The van der Waals surface area contributed by atoms with Crippen molar-refractivity contribution >= 4 is 5.78 Å². The quantitative estimate of drug-likeness (QED) is 0.650. The van der Waals surface area contributed by atoms with E-state index in [-0.39, 0.29) is 0 Å². The van der Waals surface area contributed by atoms with Crippen LogP contribution in [0.15, 0.2) is 36.5 Å². The SMILES string of the molecule is Cc1nc2ncc(-c3ccccc3)n2[nH]1. The molecule has 0 fully saturated rings. The zero-order valence-electron chi connectivity index (χ0n) is 8.31. The molecule has 74 valence electrons. The van der Waals surface area contributed by atoms with E-state index in [9.17, 15) is 0 Å². The highest BCUT2D eigenvalue weighted by Crippen LogP contribution is 2.18. The van der Waals surface area contributed by atoms with E-state index >= 15 is 0 Å². The Kier molecular flexibility index (Phi) is 1.62. The van der Waals surface area contributed by atoms with E-state index in [1.54, 1.807) is 0 Å². The lowest BCUT2D eigenvalue weighted by molar-refractivity contribution is 0.946. The number of hydrogen-bond donors (Lipinski definition) is 1. The summed E-state index contributed by atoms with van der Waals surface area (Å²) < 4.78 is 1.89. The lowest BCUT2D eigenvalue weighted by Gasteiger charge is -1.97. The number of benzene rings is 1. The van der Waals surface area contributed by atoms with Gasteiger partial charge in [0.25, 0.3) is 5.78 Å². The smallest absolute Gasteiger partial charge is 0.251 e. The Morgan fingerprint density at radius 2 is 2.00 bits per heavy atom. The minimum atomic E-state index is 0.714. The first-order valence-corrected chi connectivity index (χ1v) is 4.80. The van der Waals surface area contributed by atoms with Crippen LogP contribution in [0.3, 0.4) is 0 Å². The summed E-state index contributed by atoms with van der Waals surface area (Å²) in [7, 11) is 0. The number of rotatable bonds is 1. The fourth-order valence-electron chi connectivity index (χ4n) is 1.68. The maximum absolute atomic E-state index is 4.26. The Morgan fingerprint density at radius 3 is 2.80 bits per heavy atom. The molecule has 4 nitrogen and oxygen atoms in total. The van der Waals surface area contributed by atoms with Gasteiger partial charge in [-0.15, -0.1) is 0 Å². The second kappa shape index (κ2) is 2.95. The largest absolute Gasteiger partial charge is 0.278 e. The maximum Gasteiger partial charge on any atom is 0.251 e. The Hall–Kier alpha value is -2.10. The van der Waals surface area contributed by atoms with Crippen LogP contribution in [0.2, 0.25) is 0 Å². The molecule has 0 aliphatic rings. The van der Waals surface area contributed by atoms with Gasteiger partial charge in [-0.25, -0.2) is 9.50 Å². The molecule has 0 amide bonds. The Labute approximate surface area is 86.6 Å². The average molecular weight is 198 g/mol. The van der Waals surface area contributed by atoms with Gasteiger partial charge in [0, 0.05) is 5.56 Å². The van der Waals surface area contributed by atoms with Crippen molar-refractivity contribution in [3.8, 4) is 11.3 Å². The van der Waals surface area contributed by atoms with E-state index in [0.717, 1.165) is 17.1 Å². The second-order valence-corrected chi connectivity index (χ2v) is 3.45. The van der Waals surface area contributed by atoms with Crippen LogP contribution in [0.4, 0.5) is 0 Å². The van der Waals surface area contributed by atoms with E-state index in [4.69, 9.17) is 0 Å². The zero-order chi connectivity index (χ0) is 10.3. The predicted molar refractivity (Wildman–Crippen MR) is 57.5 cm³/mol. The van der Waals surface area contributed by atoms with Gasteiger partial charge in [0.15, 0.2) is 0 Å². The van der Waals surface area contributed by atoms with Crippen molar-refractivity contribution in [2.45, 2.75) is 6.92 Å². The predicted octanol–water partition coefficient (Wildman–Crippen LogP) is 2.03. The molecule has 1 N–H and O–H groups in total. The number of aryl methyl sites for hydroxylation is 1. The number of nitrogens with zero attached hydrogens (tertiary/aromatic N) is 3. The van der Waals surface area contributed by atoms with Crippen molar-refractivity contribution in [1.29, 1.82) is 0 Å². The number of imidazole rings is 1. The summed E-state index contributed by atoms with van der Waals surface area (Å²) in [6.45, 7) is 1.92. The number of nitrogens with one attached hydrogen (secondary N) is 1. The number of aromatic nitrogens is 4. The van der Waals surface area contributed by atoms with Crippen molar-refractivity contribution in [2.75, 3.05) is 0 Å². The molecule has 3 rings (SSSR count). The highest BCUT2D eigenvalue weighted by molar-refractivity contribution is 5.61. The van der Waals surface area contributed by atoms with Crippen LogP contribution >= 0.6 is 0 Å². The molecule has 2 heterocycles. The number of H-pyrrole nitrogens is 1. The highest BCUT2D eigenvalue weighted by Gasteiger charge is 2.07. The summed E-state index contributed by atoms with van der Waals surface area (Å²) in [5.74, 6) is 1.58. The van der Waals surface area contributed by atoms with Crippen molar-refractivity contribution in [3.63, 3.8) is 0 Å². The molecule has 0 aliphatic heterocycles. The summed E-state index contributed by atoms with van der Waals surface area (Å²) in [6.07, 6.45) is 1.83. The number of hydrogen-bond acceptors (Lipinski definition) is 2. The first-order valence-electron chi connectivity index (χ1n) is 4.80. The molecule has 0 spiro atoms. The topological polar surface area (TPSA) is 46.0 Å². The van der Waals surface area contributed by atoms with Gasteiger partial charge in [-0.1, -0.05) is 30.3 Å². The van der Waals surface area contributed by atoms with Crippen molar-refractivity contribution in [2.24, 2.45) is 0 Å². The van der Waals surface area contributed by atoms with Gasteiger partial charge in [-0.3, -0.25) is 5.10 Å². The molecular weight excluding hydrogens is 188 g/mol. The number of fused-ring (bicyclic) bond motifs is 1. The standard InChI is InChI=1S/C11H10N4/c1-8-13-11-12-7-10(15(11)14-8)9-5-3-2-4-6-9/h2-7H,1H3,(H,12,13,14). The van der Waals surface area contributed by atoms with Crippen LogP contribution < -0.4 is 0 Å². The van der Waals surface area contributed by atoms with Crippen LogP contribution in [0.1, 0.15) is 5.82 Å². The molecule has 1 aromatic carbocycles. The van der Waals surface area contributed by atoms with Crippen LogP contribution in [-0.4, -0.2) is 19.6 Å². The minimum Gasteiger partial charge on any atom is -0.278 e. The lowest BCUT2D eigenvalue weighted by Crippen LogP contribution is -1.87. The third-order valence-electron chi connectivity index (χ3n) is 2.35. The first-order chi connectivity index (χ1) is 7.34. The second-order valence-electron chi connectivity index (χ2n) is 3.45. The van der Waals surface area contributed by atoms with Crippen LogP contribution in [0.5, 0.6) is 0 Å². The van der Waals surface area contributed by atoms with E-state index in [0.29, 0.717) is 5.78 Å². The fraction of sp³-hybridized carbons (Fsp3) is 0.0909. The summed E-state index contributed by atoms with van der Waals surface area (Å²) in [5.41, 5.74) is 2.17. The molecule has 0 saturated heterocycles. The van der Waals surface area contributed by atoms with Gasteiger partial charge in [0.05, 0.1) is 11.9 Å². The van der Waals surface area contributed by atoms with E-state index < -0.39 is 0 Å². The van der Waals surface area contributed by atoms with Crippen LogP contribution in [-0.2, 0) is 0 Å². The van der Waals surface area contributed by atoms with Crippen molar-refractivity contribution < 1.29 is 0 Å². The molecule has 0 bridgehead atoms. The molecule has 0 unspecified atom stereocenters. The Morgan fingerprint density at radius 1 is 1.20 bits per heavy atom. The summed E-state index contributed by atoms with van der Waals surface area (Å²) in [5, 5.41) is 3.15. The third-order valence-corrected chi connectivity index (χ3v) is 2.35. The summed E-state index contributed by atoms with van der Waals surface area (Å²) in [4.78, 5) is 8.49. The van der Waals surface area contributed by atoms with Gasteiger partial charge in [-0.05, 0) is 6.92 Å². The first kappa shape index (κ1) is 8.23. The Balaban J connectivity index is 2.27. The van der Waals surface area contributed by atoms with Crippen LogP contribution in [0.25, 0.3) is 17.0 Å². The molecule has 0 radical (unpaired) electrons. The molecule has 2 aromatic heterocycles. The minimum absolute atomic E-state index is 0.714. The molecule has 0 saturated carbocycles. The fourth-order valence-corrected chi connectivity index (χ4v) is 1.68. The van der Waals surface area contributed by atoms with Gasteiger partial charge >= 0.3 is 0 Å². The lowest BCUT2D eigenvalue weighted by atomic mass is 10.2. The molecule has 0 aliphatic carbocycles. The van der Waals surface area contributed by atoms with Gasteiger partial charge in [0.1, 0.15) is 5.82 Å². The Bertz CT molecular complexity index is 591. The number of aromatic amines is 1. The van der Waals surface area contributed by atoms with Gasteiger partial charge in [0.2, 0.25) is 0 Å². The zero-order valence-corrected chi connectivity index (χ0v) is 8.31.